The van der Waals surface area contributed by atoms with Gasteiger partial charge in [-0.15, -0.1) is 11.3 Å². The lowest BCUT2D eigenvalue weighted by Gasteiger charge is -2.10. The molecule has 0 saturated carbocycles. The van der Waals surface area contributed by atoms with Crippen LogP contribution in [0.25, 0.3) is 10.6 Å². The van der Waals surface area contributed by atoms with E-state index < -0.39 is 0 Å². The van der Waals surface area contributed by atoms with E-state index in [-0.39, 0.29) is 6.61 Å². The lowest BCUT2D eigenvalue weighted by Crippen LogP contribution is -1.92. The molecule has 18 heavy (non-hydrogen) atoms. The summed E-state index contributed by atoms with van der Waals surface area (Å²) in [7, 11) is 3.21. The van der Waals surface area contributed by atoms with Gasteiger partial charge in [0.05, 0.1) is 37.0 Å². The summed E-state index contributed by atoms with van der Waals surface area (Å²) in [6.07, 6.45) is 0. The number of aliphatic hydroxyl groups excluding tert-OH is 1. The molecule has 0 saturated heterocycles. The molecule has 1 aromatic heterocycles. The maximum absolute atomic E-state index is 9.22. The molecule has 0 atom stereocenters. The summed E-state index contributed by atoms with van der Waals surface area (Å²) in [6.45, 7) is 1.90. The highest BCUT2D eigenvalue weighted by Gasteiger charge is 2.15. The Kier molecular flexibility index (Phi) is 3.84. The SMILES string of the molecule is COc1cccc(-c2nc(C)c(CO)s2)c1OC. The van der Waals surface area contributed by atoms with E-state index in [9.17, 15) is 5.11 Å². The minimum Gasteiger partial charge on any atom is -0.493 e. The van der Waals surface area contributed by atoms with Crippen LogP contribution in [0.2, 0.25) is 0 Å². The first-order valence-corrected chi connectivity index (χ1v) is 6.31. The molecular formula is C13H15NO3S. The van der Waals surface area contributed by atoms with E-state index in [1.54, 1.807) is 14.2 Å². The standard InChI is InChI=1S/C13H15NO3S/c1-8-11(7-15)18-13(14-8)9-5-4-6-10(16-2)12(9)17-3/h4-6,15H,7H2,1-3H3. The maximum Gasteiger partial charge on any atom is 0.170 e. The highest BCUT2D eigenvalue weighted by Crippen LogP contribution is 2.40. The molecule has 5 heteroatoms. The van der Waals surface area contributed by atoms with Crippen molar-refractivity contribution in [2.75, 3.05) is 14.2 Å². The van der Waals surface area contributed by atoms with Gasteiger partial charge < -0.3 is 14.6 Å². The van der Waals surface area contributed by atoms with Gasteiger partial charge in [-0.05, 0) is 19.1 Å². The van der Waals surface area contributed by atoms with Crippen LogP contribution >= 0.6 is 11.3 Å². The highest BCUT2D eigenvalue weighted by atomic mass is 32.1. The number of aliphatic hydroxyl groups is 1. The van der Waals surface area contributed by atoms with Crippen molar-refractivity contribution in [2.24, 2.45) is 0 Å². The van der Waals surface area contributed by atoms with E-state index >= 15 is 0 Å². The Morgan fingerprint density at radius 3 is 2.61 bits per heavy atom. The third-order valence-electron chi connectivity index (χ3n) is 2.67. The highest BCUT2D eigenvalue weighted by molar-refractivity contribution is 7.15. The van der Waals surface area contributed by atoms with Gasteiger partial charge in [0, 0.05) is 0 Å². The molecule has 1 N–H and O–H groups in total. The van der Waals surface area contributed by atoms with E-state index in [2.05, 4.69) is 4.98 Å². The quantitative estimate of drug-likeness (QED) is 0.923. The van der Waals surface area contributed by atoms with Crippen molar-refractivity contribution in [3.63, 3.8) is 0 Å². The van der Waals surface area contributed by atoms with Gasteiger partial charge in [-0.25, -0.2) is 4.98 Å². The van der Waals surface area contributed by atoms with Gasteiger partial charge in [0.2, 0.25) is 0 Å². The molecule has 0 radical (unpaired) electrons. The number of hydrogen-bond donors (Lipinski definition) is 1. The minimum absolute atomic E-state index is 0.00971. The van der Waals surface area contributed by atoms with Gasteiger partial charge in [0.15, 0.2) is 11.5 Å². The van der Waals surface area contributed by atoms with Crippen LogP contribution in [0.15, 0.2) is 18.2 Å². The second-order valence-corrected chi connectivity index (χ2v) is 4.81. The molecule has 2 rings (SSSR count). The van der Waals surface area contributed by atoms with Crippen LogP contribution in [-0.2, 0) is 6.61 Å². The van der Waals surface area contributed by atoms with E-state index in [0.29, 0.717) is 11.5 Å². The Bertz CT molecular complexity index is 551. The number of thiazole rings is 1. The zero-order valence-corrected chi connectivity index (χ0v) is 11.4. The third kappa shape index (κ3) is 2.19. The van der Waals surface area contributed by atoms with Gasteiger partial charge >= 0.3 is 0 Å². The van der Waals surface area contributed by atoms with Crippen LogP contribution in [0.4, 0.5) is 0 Å². The summed E-state index contributed by atoms with van der Waals surface area (Å²) >= 11 is 1.46. The zero-order chi connectivity index (χ0) is 13.1. The molecule has 0 aliphatic rings. The molecule has 2 aromatic rings. The summed E-state index contributed by atoms with van der Waals surface area (Å²) in [4.78, 5) is 5.33. The summed E-state index contributed by atoms with van der Waals surface area (Å²) in [5, 5.41) is 10.0. The van der Waals surface area contributed by atoms with E-state index in [0.717, 1.165) is 21.1 Å². The Balaban J connectivity index is 2.55. The molecule has 0 fully saturated rings. The number of aryl methyl sites for hydroxylation is 1. The predicted octanol–water partition coefficient (Wildman–Crippen LogP) is 2.63. The fraction of sp³-hybridized carbons (Fsp3) is 0.308. The van der Waals surface area contributed by atoms with Crippen LogP contribution < -0.4 is 9.47 Å². The Morgan fingerprint density at radius 2 is 2.06 bits per heavy atom. The van der Waals surface area contributed by atoms with Crippen molar-refractivity contribution in [3.05, 3.63) is 28.8 Å². The van der Waals surface area contributed by atoms with Crippen LogP contribution in [0.5, 0.6) is 11.5 Å². The number of methoxy groups -OCH3 is 2. The number of para-hydroxylation sites is 1. The summed E-state index contributed by atoms with van der Waals surface area (Å²) in [5.41, 5.74) is 1.73. The Labute approximate surface area is 110 Å². The Hall–Kier alpha value is -1.59. The first kappa shape index (κ1) is 12.9. The first-order valence-electron chi connectivity index (χ1n) is 5.49. The van der Waals surface area contributed by atoms with E-state index in [1.807, 2.05) is 25.1 Å². The molecular weight excluding hydrogens is 250 g/mol. The van der Waals surface area contributed by atoms with Crippen molar-refractivity contribution in [1.82, 2.24) is 4.98 Å². The predicted molar refractivity (Wildman–Crippen MR) is 71.3 cm³/mol. The first-order chi connectivity index (χ1) is 8.71. The second-order valence-electron chi connectivity index (χ2n) is 3.73. The molecule has 1 heterocycles. The number of ether oxygens (including phenoxy) is 2. The molecule has 4 nitrogen and oxygen atoms in total. The van der Waals surface area contributed by atoms with E-state index in [4.69, 9.17) is 9.47 Å². The van der Waals surface area contributed by atoms with Gasteiger partial charge in [-0.1, -0.05) is 6.07 Å². The average Bonchev–Trinajstić information content (AvgIpc) is 2.78. The minimum atomic E-state index is 0.00971. The number of aromatic nitrogens is 1. The van der Waals surface area contributed by atoms with Gasteiger partial charge in [0.25, 0.3) is 0 Å². The summed E-state index contributed by atoms with van der Waals surface area (Å²) in [6, 6.07) is 5.67. The van der Waals surface area contributed by atoms with Crippen LogP contribution in [0, 0.1) is 6.92 Å². The molecule has 0 amide bonds. The van der Waals surface area contributed by atoms with Gasteiger partial charge in [-0.3, -0.25) is 0 Å². The molecule has 0 bridgehead atoms. The molecule has 1 aromatic carbocycles. The molecule has 0 unspecified atom stereocenters. The average molecular weight is 265 g/mol. The fourth-order valence-electron chi connectivity index (χ4n) is 1.75. The summed E-state index contributed by atoms with van der Waals surface area (Å²) in [5.74, 6) is 1.34. The zero-order valence-electron chi connectivity index (χ0n) is 10.6. The normalized spacial score (nSPS) is 10.4. The monoisotopic (exact) mass is 265 g/mol. The molecule has 96 valence electrons. The summed E-state index contributed by atoms with van der Waals surface area (Å²) < 4.78 is 10.6. The van der Waals surface area contributed by atoms with E-state index in [1.165, 1.54) is 11.3 Å². The molecule has 0 spiro atoms. The van der Waals surface area contributed by atoms with Crippen LogP contribution in [0.1, 0.15) is 10.6 Å². The largest absolute Gasteiger partial charge is 0.493 e. The van der Waals surface area contributed by atoms with Crippen LogP contribution in [0.3, 0.4) is 0 Å². The fourth-order valence-corrected chi connectivity index (χ4v) is 2.69. The lowest BCUT2D eigenvalue weighted by molar-refractivity contribution is 0.284. The molecule has 0 aliphatic carbocycles. The number of hydrogen-bond acceptors (Lipinski definition) is 5. The van der Waals surface area contributed by atoms with Crippen LogP contribution in [-0.4, -0.2) is 24.3 Å². The third-order valence-corrected chi connectivity index (χ3v) is 3.85. The Morgan fingerprint density at radius 1 is 1.28 bits per heavy atom. The lowest BCUT2D eigenvalue weighted by atomic mass is 10.2. The number of nitrogens with zero attached hydrogens (tertiary/aromatic N) is 1. The van der Waals surface area contributed by atoms with Crippen molar-refractivity contribution < 1.29 is 14.6 Å². The van der Waals surface area contributed by atoms with Gasteiger partial charge in [-0.2, -0.15) is 0 Å². The van der Waals surface area contributed by atoms with Crippen molar-refractivity contribution in [3.8, 4) is 22.1 Å². The van der Waals surface area contributed by atoms with Crippen molar-refractivity contribution in [2.45, 2.75) is 13.5 Å². The number of benzene rings is 1. The second kappa shape index (κ2) is 5.37. The van der Waals surface area contributed by atoms with Crippen molar-refractivity contribution in [1.29, 1.82) is 0 Å². The number of rotatable bonds is 4. The molecule has 0 aliphatic heterocycles. The van der Waals surface area contributed by atoms with Crippen molar-refractivity contribution >= 4 is 11.3 Å². The topological polar surface area (TPSA) is 51.6 Å². The smallest absolute Gasteiger partial charge is 0.170 e. The maximum atomic E-state index is 9.22. The van der Waals surface area contributed by atoms with Gasteiger partial charge in [0.1, 0.15) is 5.01 Å².